The Morgan fingerprint density at radius 2 is 2.10 bits per heavy atom. The van der Waals surface area contributed by atoms with E-state index in [0.29, 0.717) is 5.75 Å². The van der Waals surface area contributed by atoms with Crippen LogP contribution in [-0.2, 0) is 0 Å². The Balaban J connectivity index is 3.17. The largest absolute Gasteiger partial charge is 0.506 e. The van der Waals surface area contributed by atoms with E-state index < -0.39 is 0 Å². The van der Waals surface area contributed by atoms with E-state index in [4.69, 9.17) is 0 Å². The summed E-state index contributed by atoms with van der Waals surface area (Å²) in [6.45, 7) is 0. The van der Waals surface area contributed by atoms with E-state index in [1.165, 1.54) is 0 Å². The number of rotatable bonds is 1. The van der Waals surface area contributed by atoms with Crippen LogP contribution < -0.4 is 3.53 Å². The second-order valence-electron chi connectivity index (χ2n) is 1.73. The highest BCUT2D eigenvalue weighted by atomic mass is 127. The third-order valence-corrected chi connectivity index (χ3v) is 2.52. The number of halogens is 2. The second kappa shape index (κ2) is 3.61. The van der Waals surface area contributed by atoms with E-state index in [9.17, 15) is 5.11 Å². The van der Waals surface area contributed by atoms with E-state index in [1.54, 1.807) is 6.07 Å². The molecule has 2 nitrogen and oxygen atoms in total. The van der Waals surface area contributed by atoms with Crippen molar-refractivity contribution in [3.05, 3.63) is 21.8 Å². The zero-order valence-electron chi connectivity index (χ0n) is 4.94. The molecule has 0 amide bonds. The maximum atomic E-state index is 9.22. The molecule has 0 saturated heterocycles. The van der Waals surface area contributed by atoms with Crippen LogP contribution in [0.4, 0.5) is 5.69 Å². The van der Waals surface area contributed by atoms with Crippen molar-refractivity contribution < 1.29 is 5.11 Å². The summed E-state index contributed by atoms with van der Waals surface area (Å²) in [4.78, 5) is 0. The first-order valence-electron chi connectivity index (χ1n) is 2.60. The monoisotopic (exact) mass is 361 g/mol. The number of aromatic hydroxyl groups is 1. The van der Waals surface area contributed by atoms with Gasteiger partial charge in [0, 0.05) is 3.57 Å². The number of benzene rings is 1. The van der Waals surface area contributed by atoms with Crippen molar-refractivity contribution in [3.8, 4) is 5.75 Å². The molecule has 0 aliphatic rings. The molecular formula is C6H5I2NO. The van der Waals surface area contributed by atoms with Gasteiger partial charge in [0.25, 0.3) is 0 Å². The van der Waals surface area contributed by atoms with Crippen molar-refractivity contribution in [1.29, 1.82) is 0 Å². The van der Waals surface area contributed by atoms with Gasteiger partial charge in [-0.2, -0.15) is 0 Å². The van der Waals surface area contributed by atoms with Crippen molar-refractivity contribution in [3.63, 3.8) is 0 Å². The van der Waals surface area contributed by atoms with Crippen LogP contribution in [-0.4, -0.2) is 5.11 Å². The van der Waals surface area contributed by atoms with Gasteiger partial charge in [0.1, 0.15) is 5.75 Å². The van der Waals surface area contributed by atoms with Gasteiger partial charge in [-0.3, -0.25) is 0 Å². The number of phenols is 1. The first-order chi connectivity index (χ1) is 4.75. The van der Waals surface area contributed by atoms with E-state index >= 15 is 0 Å². The SMILES string of the molecule is Oc1cccc(I)c1NI. The maximum Gasteiger partial charge on any atom is 0.140 e. The predicted molar refractivity (Wildman–Crippen MR) is 58.5 cm³/mol. The lowest BCUT2D eigenvalue weighted by Gasteiger charge is -2.02. The number of phenolic OH excluding ortho intramolecular Hbond substituents is 1. The topological polar surface area (TPSA) is 32.3 Å². The highest BCUT2D eigenvalue weighted by Gasteiger charge is 2.01. The summed E-state index contributed by atoms with van der Waals surface area (Å²) in [5, 5.41) is 9.22. The van der Waals surface area contributed by atoms with Crippen molar-refractivity contribution in [1.82, 2.24) is 0 Å². The molecule has 0 bridgehead atoms. The van der Waals surface area contributed by atoms with Crippen LogP contribution in [0.3, 0.4) is 0 Å². The fraction of sp³-hybridized carbons (Fsp3) is 0. The summed E-state index contributed by atoms with van der Waals surface area (Å²) in [6, 6.07) is 5.40. The minimum absolute atomic E-state index is 0.293. The minimum Gasteiger partial charge on any atom is -0.506 e. The van der Waals surface area contributed by atoms with Gasteiger partial charge in [-0.25, -0.2) is 0 Å². The average molecular weight is 361 g/mol. The van der Waals surface area contributed by atoms with Crippen LogP contribution in [0.15, 0.2) is 18.2 Å². The van der Waals surface area contributed by atoms with Gasteiger partial charge in [-0.15, -0.1) is 0 Å². The highest BCUT2D eigenvalue weighted by molar-refractivity contribution is 14.1. The molecule has 0 radical (unpaired) electrons. The van der Waals surface area contributed by atoms with Gasteiger partial charge in [-0.1, -0.05) is 6.07 Å². The molecule has 0 aliphatic carbocycles. The summed E-state index contributed by atoms with van der Waals surface area (Å²) in [7, 11) is 0. The van der Waals surface area contributed by atoms with Crippen LogP contribution in [0.25, 0.3) is 0 Å². The molecule has 1 aromatic carbocycles. The lowest BCUT2D eigenvalue weighted by molar-refractivity contribution is 0.478. The molecule has 0 heterocycles. The van der Waals surface area contributed by atoms with Crippen LogP contribution >= 0.6 is 45.5 Å². The van der Waals surface area contributed by atoms with Crippen LogP contribution in [0.2, 0.25) is 0 Å². The maximum absolute atomic E-state index is 9.22. The molecule has 54 valence electrons. The summed E-state index contributed by atoms with van der Waals surface area (Å²) >= 11 is 4.15. The lowest BCUT2D eigenvalue weighted by Crippen LogP contribution is -1.83. The van der Waals surface area contributed by atoms with Gasteiger partial charge in [0.05, 0.1) is 28.6 Å². The second-order valence-corrected chi connectivity index (χ2v) is 3.43. The molecule has 1 rings (SSSR count). The van der Waals surface area contributed by atoms with E-state index in [1.807, 2.05) is 35.0 Å². The molecule has 2 N–H and O–H groups in total. The fourth-order valence-corrected chi connectivity index (χ4v) is 2.31. The van der Waals surface area contributed by atoms with Gasteiger partial charge >= 0.3 is 0 Å². The van der Waals surface area contributed by atoms with Crippen molar-refractivity contribution >= 4 is 51.1 Å². The number of nitrogens with one attached hydrogen (secondary N) is 1. The van der Waals surface area contributed by atoms with Gasteiger partial charge in [-0.05, 0) is 34.7 Å². The highest BCUT2D eigenvalue weighted by Crippen LogP contribution is 2.28. The first-order valence-corrected chi connectivity index (χ1v) is 4.75. The van der Waals surface area contributed by atoms with Crippen LogP contribution in [0.1, 0.15) is 0 Å². The molecule has 10 heavy (non-hydrogen) atoms. The summed E-state index contributed by atoms with van der Waals surface area (Å²) in [5.41, 5.74) is 0.781. The molecule has 0 spiro atoms. The molecule has 0 aromatic heterocycles. The normalized spacial score (nSPS) is 9.40. The molecule has 0 aliphatic heterocycles. The summed E-state index contributed by atoms with van der Waals surface area (Å²) in [5.74, 6) is 0.293. The van der Waals surface area contributed by atoms with Crippen molar-refractivity contribution in [2.75, 3.05) is 3.53 Å². The summed E-state index contributed by atoms with van der Waals surface area (Å²) < 4.78 is 3.90. The van der Waals surface area contributed by atoms with Crippen LogP contribution in [0.5, 0.6) is 5.75 Å². The standard InChI is InChI=1S/C6H5I2NO/c7-4-2-1-3-5(10)6(4)9-8/h1-3,9-10H. The van der Waals surface area contributed by atoms with Gasteiger partial charge in [0.2, 0.25) is 0 Å². The van der Waals surface area contributed by atoms with Crippen molar-refractivity contribution in [2.45, 2.75) is 0 Å². The molecule has 4 heteroatoms. The Morgan fingerprint density at radius 3 is 2.50 bits per heavy atom. The fourth-order valence-electron chi connectivity index (χ4n) is 0.606. The van der Waals surface area contributed by atoms with Gasteiger partial charge < -0.3 is 8.64 Å². The molecule has 0 atom stereocenters. The first kappa shape index (κ1) is 8.38. The Hall–Kier alpha value is 0.280. The average Bonchev–Trinajstić information content (AvgIpc) is 1.88. The third kappa shape index (κ3) is 1.66. The molecular weight excluding hydrogens is 356 g/mol. The van der Waals surface area contributed by atoms with E-state index in [2.05, 4.69) is 26.1 Å². The Bertz CT molecular complexity index is 219. The van der Waals surface area contributed by atoms with Crippen molar-refractivity contribution in [2.24, 2.45) is 0 Å². The minimum atomic E-state index is 0.293. The zero-order valence-corrected chi connectivity index (χ0v) is 9.25. The summed E-state index contributed by atoms with van der Waals surface area (Å²) in [6.07, 6.45) is 0. The van der Waals surface area contributed by atoms with Gasteiger partial charge in [0.15, 0.2) is 0 Å². The van der Waals surface area contributed by atoms with E-state index in [0.717, 1.165) is 9.26 Å². The molecule has 0 fully saturated rings. The number of para-hydroxylation sites is 1. The zero-order chi connectivity index (χ0) is 7.56. The molecule has 0 saturated carbocycles. The molecule has 1 aromatic rings. The predicted octanol–water partition coefficient (Wildman–Crippen LogP) is 2.76. The number of anilines is 1. The Labute approximate surface area is 86.7 Å². The third-order valence-electron chi connectivity index (χ3n) is 1.09. The quantitative estimate of drug-likeness (QED) is 0.458. The number of hydrogen-bond acceptors (Lipinski definition) is 2. The Kier molecular flexibility index (Phi) is 3.02. The molecule has 0 unspecified atom stereocenters. The van der Waals surface area contributed by atoms with E-state index in [-0.39, 0.29) is 0 Å². The Morgan fingerprint density at radius 1 is 1.40 bits per heavy atom. The lowest BCUT2D eigenvalue weighted by atomic mass is 10.3. The number of hydrogen-bond donors (Lipinski definition) is 2. The van der Waals surface area contributed by atoms with Crippen LogP contribution in [0, 0.1) is 3.57 Å². The smallest absolute Gasteiger partial charge is 0.140 e.